The zero-order valence-corrected chi connectivity index (χ0v) is 4.72. The standard InChI is InChI=1S/C5H11N.N/c1-6-4-2-3-5-6;/h2-5H2,1H3;. The summed E-state index contributed by atoms with van der Waals surface area (Å²) in [6.07, 6.45) is 2.83. The monoisotopic (exact) mass is 99.1 g/mol. The molecule has 0 spiro atoms. The molecule has 0 aromatic carbocycles. The van der Waals surface area contributed by atoms with E-state index in [0.717, 1.165) is 0 Å². The van der Waals surface area contributed by atoms with E-state index in [9.17, 15) is 0 Å². The van der Waals surface area contributed by atoms with Gasteiger partial charge in [0.15, 0.2) is 0 Å². The first kappa shape index (κ1) is 6.92. The molecule has 0 amide bonds. The molecule has 3 radical (unpaired) electrons. The van der Waals surface area contributed by atoms with Gasteiger partial charge in [0, 0.05) is 6.15 Å². The number of hydrogen-bond donors (Lipinski definition) is 0. The van der Waals surface area contributed by atoms with Crippen molar-refractivity contribution >= 4 is 0 Å². The summed E-state index contributed by atoms with van der Waals surface area (Å²) >= 11 is 0. The van der Waals surface area contributed by atoms with Gasteiger partial charge in [0.2, 0.25) is 0 Å². The lowest BCUT2D eigenvalue weighted by molar-refractivity contribution is 0.418. The summed E-state index contributed by atoms with van der Waals surface area (Å²) in [4.78, 5) is 2.36. The van der Waals surface area contributed by atoms with Gasteiger partial charge >= 0.3 is 0 Å². The van der Waals surface area contributed by atoms with Crippen LogP contribution in [0.25, 0.3) is 0 Å². The predicted molar refractivity (Wildman–Crippen MR) is 28.9 cm³/mol. The second-order valence-corrected chi connectivity index (χ2v) is 2.01. The second-order valence-electron chi connectivity index (χ2n) is 2.01. The van der Waals surface area contributed by atoms with Gasteiger partial charge in [-0.2, -0.15) is 0 Å². The molecule has 0 bridgehead atoms. The molecule has 41 valence electrons. The van der Waals surface area contributed by atoms with Crippen molar-refractivity contribution < 1.29 is 0 Å². The minimum absolute atomic E-state index is 0. The van der Waals surface area contributed by atoms with E-state index in [1.807, 2.05) is 0 Å². The minimum atomic E-state index is 0. The van der Waals surface area contributed by atoms with Gasteiger partial charge in [-0.3, -0.25) is 0 Å². The van der Waals surface area contributed by atoms with Crippen LogP contribution in [0, 0.1) is 0 Å². The molecule has 0 saturated carbocycles. The Hall–Kier alpha value is -0.0800. The highest BCUT2D eigenvalue weighted by Gasteiger charge is 2.03. The molecule has 2 heteroatoms. The number of rotatable bonds is 0. The van der Waals surface area contributed by atoms with E-state index in [4.69, 9.17) is 0 Å². The Labute approximate surface area is 45.1 Å². The van der Waals surface area contributed by atoms with Gasteiger partial charge in [-0.05, 0) is 33.0 Å². The molecule has 1 fully saturated rings. The first-order valence-electron chi connectivity index (χ1n) is 2.58. The summed E-state index contributed by atoms with van der Waals surface area (Å²) < 4.78 is 0. The second kappa shape index (κ2) is 2.99. The van der Waals surface area contributed by atoms with Crippen molar-refractivity contribution in [2.75, 3.05) is 20.1 Å². The van der Waals surface area contributed by atoms with Crippen LogP contribution in [0.15, 0.2) is 0 Å². The lowest BCUT2D eigenvalue weighted by Crippen LogP contribution is -2.10. The summed E-state index contributed by atoms with van der Waals surface area (Å²) in [5.74, 6) is 0. The molecule has 1 heterocycles. The fraction of sp³-hybridized carbons (Fsp3) is 1.00. The van der Waals surface area contributed by atoms with Crippen molar-refractivity contribution in [2.45, 2.75) is 12.8 Å². The van der Waals surface area contributed by atoms with Crippen LogP contribution in [0.2, 0.25) is 0 Å². The third-order valence-corrected chi connectivity index (χ3v) is 1.33. The van der Waals surface area contributed by atoms with E-state index < -0.39 is 0 Å². The maximum Gasteiger partial charge on any atom is 0 e. The molecule has 0 atom stereocenters. The zero-order valence-electron chi connectivity index (χ0n) is 4.72. The van der Waals surface area contributed by atoms with Gasteiger partial charge < -0.3 is 4.90 Å². The first-order valence-corrected chi connectivity index (χ1v) is 2.58. The molecule has 2 nitrogen and oxygen atoms in total. The molecule has 1 aliphatic heterocycles. The average molecular weight is 99.2 g/mol. The lowest BCUT2D eigenvalue weighted by Gasteiger charge is -2.01. The molecule has 0 unspecified atom stereocenters. The minimum Gasteiger partial charge on any atom is -0.306 e. The molecule has 1 saturated heterocycles. The molecule has 0 aliphatic carbocycles. The fourth-order valence-electron chi connectivity index (χ4n) is 0.875. The highest BCUT2D eigenvalue weighted by Crippen LogP contribution is 2.01. The Morgan fingerprint density at radius 2 is 1.57 bits per heavy atom. The van der Waals surface area contributed by atoms with Crippen LogP contribution in [-0.2, 0) is 0 Å². The van der Waals surface area contributed by atoms with Crippen molar-refractivity contribution in [3.05, 3.63) is 0 Å². The van der Waals surface area contributed by atoms with Gasteiger partial charge in [0.1, 0.15) is 0 Å². The molecule has 0 aromatic heterocycles. The summed E-state index contributed by atoms with van der Waals surface area (Å²) in [5, 5.41) is 0. The SMILES string of the molecule is CN1CCCC1.[N]. The van der Waals surface area contributed by atoms with Crippen molar-refractivity contribution in [1.82, 2.24) is 11.1 Å². The van der Waals surface area contributed by atoms with Gasteiger partial charge in [0.25, 0.3) is 0 Å². The van der Waals surface area contributed by atoms with Gasteiger partial charge in [-0.1, -0.05) is 0 Å². The highest BCUT2D eigenvalue weighted by atomic mass is 15.1. The lowest BCUT2D eigenvalue weighted by atomic mass is 10.4. The molecular formula is C5H11N2. The van der Waals surface area contributed by atoms with E-state index in [0.29, 0.717) is 0 Å². The van der Waals surface area contributed by atoms with Crippen molar-refractivity contribution in [3.8, 4) is 0 Å². The van der Waals surface area contributed by atoms with Crippen molar-refractivity contribution in [1.29, 1.82) is 0 Å². The Balaban J connectivity index is 0.000000360. The van der Waals surface area contributed by atoms with Crippen LogP contribution >= 0.6 is 0 Å². The van der Waals surface area contributed by atoms with Crippen LogP contribution in [0.5, 0.6) is 0 Å². The summed E-state index contributed by atoms with van der Waals surface area (Å²) in [7, 11) is 2.17. The summed E-state index contributed by atoms with van der Waals surface area (Å²) in [5.41, 5.74) is 0. The third kappa shape index (κ3) is 1.90. The van der Waals surface area contributed by atoms with Gasteiger partial charge in [0.05, 0.1) is 0 Å². The smallest absolute Gasteiger partial charge is 0 e. The zero-order chi connectivity index (χ0) is 4.41. The molecule has 1 rings (SSSR count). The number of hydrogen-bond acceptors (Lipinski definition) is 1. The van der Waals surface area contributed by atoms with Crippen LogP contribution in [0.1, 0.15) is 12.8 Å². The van der Waals surface area contributed by atoms with Crippen LogP contribution < -0.4 is 6.15 Å². The Bertz CT molecular complexity index is 39.3. The molecule has 7 heavy (non-hydrogen) atoms. The van der Waals surface area contributed by atoms with E-state index in [1.165, 1.54) is 25.9 Å². The average Bonchev–Trinajstić information content (AvgIpc) is 1.86. The van der Waals surface area contributed by atoms with Crippen LogP contribution in [-0.4, -0.2) is 25.0 Å². The van der Waals surface area contributed by atoms with E-state index in [-0.39, 0.29) is 6.15 Å². The maximum absolute atomic E-state index is 2.36. The first-order chi connectivity index (χ1) is 2.89. The van der Waals surface area contributed by atoms with Crippen molar-refractivity contribution in [3.63, 3.8) is 0 Å². The van der Waals surface area contributed by atoms with Crippen LogP contribution in [0.4, 0.5) is 0 Å². The quantitative estimate of drug-likeness (QED) is 0.428. The molecule has 0 N–H and O–H groups in total. The van der Waals surface area contributed by atoms with Gasteiger partial charge in [-0.15, -0.1) is 0 Å². The largest absolute Gasteiger partial charge is 0.306 e. The molecular weight excluding hydrogens is 88.1 g/mol. The third-order valence-electron chi connectivity index (χ3n) is 1.33. The Morgan fingerprint density at radius 1 is 1.14 bits per heavy atom. The van der Waals surface area contributed by atoms with Crippen LogP contribution in [0.3, 0.4) is 0 Å². The normalized spacial score (nSPS) is 21.9. The Kier molecular flexibility index (Phi) is 2.96. The number of nitrogens with zero attached hydrogens (tertiary/aromatic N) is 2. The van der Waals surface area contributed by atoms with E-state index in [2.05, 4.69) is 11.9 Å². The van der Waals surface area contributed by atoms with Gasteiger partial charge in [-0.25, -0.2) is 0 Å². The van der Waals surface area contributed by atoms with Crippen molar-refractivity contribution in [2.24, 2.45) is 0 Å². The summed E-state index contributed by atoms with van der Waals surface area (Å²) in [6, 6.07) is 0. The van der Waals surface area contributed by atoms with E-state index in [1.54, 1.807) is 0 Å². The van der Waals surface area contributed by atoms with E-state index >= 15 is 0 Å². The topological polar surface area (TPSA) is 33.7 Å². The Morgan fingerprint density at radius 3 is 1.71 bits per heavy atom. The predicted octanol–water partition coefficient (Wildman–Crippen LogP) is 0.231. The molecule has 0 aromatic rings. The fourth-order valence-corrected chi connectivity index (χ4v) is 0.875. The number of likely N-dealkylation sites (tertiary alicyclic amines) is 1. The highest BCUT2D eigenvalue weighted by molar-refractivity contribution is 4.59. The molecule has 1 aliphatic rings. The summed E-state index contributed by atoms with van der Waals surface area (Å²) in [6.45, 7) is 2.64. The maximum atomic E-state index is 2.36.